The van der Waals surface area contributed by atoms with E-state index in [2.05, 4.69) is 5.10 Å². The van der Waals surface area contributed by atoms with Gasteiger partial charge in [-0.2, -0.15) is 10.1 Å². The summed E-state index contributed by atoms with van der Waals surface area (Å²) in [4.78, 5) is 24.8. The van der Waals surface area contributed by atoms with Crippen molar-refractivity contribution in [2.24, 2.45) is 10.5 Å². The second kappa shape index (κ2) is 6.53. The van der Waals surface area contributed by atoms with Crippen LogP contribution in [0.4, 0.5) is 0 Å². The molecule has 0 fully saturated rings. The third-order valence-corrected chi connectivity index (χ3v) is 4.23. The lowest BCUT2D eigenvalue weighted by Gasteiger charge is -2.41. The van der Waals surface area contributed by atoms with Gasteiger partial charge in [-0.1, -0.05) is 32.4 Å². The van der Waals surface area contributed by atoms with Gasteiger partial charge < -0.3 is 9.84 Å². The summed E-state index contributed by atoms with van der Waals surface area (Å²) >= 11 is 5.84. The van der Waals surface area contributed by atoms with Crippen molar-refractivity contribution in [3.8, 4) is 0 Å². The lowest BCUT2D eigenvalue weighted by atomic mass is 9.80. The van der Waals surface area contributed by atoms with Gasteiger partial charge in [0.15, 0.2) is 11.4 Å². The number of hydrazone groups is 1. The highest BCUT2D eigenvalue weighted by Crippen LogP contribution is 2.41. The monoisotopic (exact) mass is 352 g/mol. The van der Waals surface area contributed by atoms with Crippen LogP contribution in [0, 0.1) is 5.41 Å². The number of hydrogen-bond acceptors (Lipinski definition) is 5. The van der Waals surface area contributed by atoms with Gasteiger partial charge in [-0.05, 0) is 31.2 Å². The number of nitrogens with zero attached hydrogens (tertiary/aromatic N) is 2. The van der Waals surface area contributed by atoms with E-state index < -0.39 is 23.0 Å². The van der Waals surface area contributed by atoms with Gasteiger partial charge in [0, 0.05) is 22.4 Å². The van der Waals surface area contributed by atoms with E-state index in [1.54, 1.807) is 52.0 Å². The van der Waals surface area contributed by atoms with E-state index in [4.69, 9.17) is 16.3 Å². The molecule has 6 nitrogen and oxygen atoms in total. The molecule has 0 radical (unpaired) electrons. The Kier molecular flexibility index (Phi) is 5.01. The molecule has 7 heteroatoms. The minimum atomic E-state index is -1.63. The van der Waals surface area contributed by atoms with Gasteiger partial charge in [-0.3, -0.25) is 4.79 Å². The molecule has 1 heterocycles. The van der Waals surface area contributed by atoms with Crippen LogP contribution < -0.4 is 0 Å². The molecule has 0 aliphatic carbocycles. The Morgan fingerprint density at radius 2 is 1.92 bits per heavy atom. The predicted molar refractivity (Wildman–Crippen MR) is 90.7 cm³/mol. The van der Waals surface area contributed by atoms with Gasteiger partial charge >= 0.3 is 5.97 Å². The zero-order chi connectivity index (χ0) is 18.1. The molecule has 0 saturated heterocycles. The molecule has 0 aromatic heterocycles. The molecular weight excluding hydrogens is 332 g/mol. The summed E-state index contributed by atoms with van der Waals surface area (Å²) in [5.74, 6) is -1.14. The van der Waals surface area contributed by atoms with Crippen molar-refractivity contribution in [2.45, 2.75) is 39.8 Å². The van der Waals surface area contributed by atoms with Gasteiger partial charge in [0.2, 0.25) is 0 Å². The van der Waals surface area contributed by atoms with Crippen LogP contribution in [0.1, 0.15) is 44.5 Å². The number of benzene rings is 1. The molecule has 2 rings (SSSR count). The SMILES string of the molecule is CCOC(=O)C1=NN(C(=O)c2ccc(Cl)cc2)C(O)(C(C)(C)C)C1. The Bertz CT molecular complexity index is 679. The molecule has 24 heavy (non-hydrogen) atoms. The van der Waals surface area contributed by atoms with Crippen molar-refractivity contribution in [3.63, 3.8) is 0 Å². The van der Waals surface area contributed by atoms with Gasteiger partial charge in [0.25, 0.3) is 5.91 Å². The van der Waals surface area contributed by atoms with Crippen molar-refractivity contribution in [3.05, 3.63) is 34.9 Å². The zero-order valence-electron chi connectivity index (χ0n) is 14.2. The predicted octanol–water partition coefficient (Wildman–Crippen LogP) is 2.84. The third kappa shape index (κ3) is 3.30. The standard InChI is InChI=1S/C17H21ClN2O4/c1-5-24-15(22)13-10-17(23,16(2,3)4)20(19-13)14(21)11-6-8-12(18)9-7-11/h6-9,23H,5,10H2,1-4H3. The topological polar surface area (TPSA) is 79.2 Å². The Morgan fingerprint density at radius 1 is 1.33 bits per heavy atom. The van der Waals surface area contributed by atoms with E-state index >= 15 is 0 Å². The van der Waals surface area contributed by atoms with Gasteiger partial charge in [0.1, 0.15) is 0 Å². The minimum absolute atomic E-state index is 0.0246. The van der Waals surface area contributed by atoms with Crippen molar-refractivity contribution in [1.82, 2.24) is 5.01 Å². The maximum Gasteiger partial charge on any atom is 0.354 e. The number of aliphatic hydroxyl groups is 1. The summed E-state index contributed by atoms with van der Waals surface area (Å²) in [6, 6.07) is 6.26. The Labute approximate surface area is 146 Å². The highest BCUT2D eigenvalue weighted by atomic mass is 35.5. The van der Waals surface area contributed by atoms with Gasteiger partial charge in [0.05, 0.1) is 6.61 Å². The Balaban J connectivity index is 2.42. The van der Waals surface area contributed by atoms with E-state index in [-0.39, 0.29) is 18.7 Å². The first-order chi connectivity index (χ1) is 11.1. The summed E-state index contributed by atoms with van der Waals surface area (Å²) in [6.07, 6.45) is -0.0886. The summed E-state index contributed by atoms with van der Waals surface area (Å²) < 4.78 is 4.95. The van der Waals surface area contributed by atoms with E-state index in [1.165, 1.54) is 0 Å². The van der Waals surface area contributed by atoms with Crippen molar-refractivity contribution in [2.75, 3.05) is 6.61 Å². The molecule has 1 atom stereocenters. The Morgan fingerprint density at radius 3 is 2.42 bits per heavy atom. The molecule has 1 amide bonds. The molecule has 1 unspecified atom stereocenters. The third-order valence-electron chi connectivity index (χ3n) is 3.98. The molecule has 0 saturated carbocycles. The maximum atomic E-state index is 12.8. The van der Waals surface area contributed by atoms with E-state index in [1.807, 2.05) is 0 Å². The van der Waals surface area contributed by atoms with Crippen molar-refractivity contribution < 1.29 is 19.4 Å². The van der Waals surface area contributed by atoms with Crippen LogP contribution >= 0.6 is 11.6 Å². The number of halogens is 1. The van der Waals surface area contributed by atoms with E-state index in [9.17, 15) is 14.7 Å². The number of rotatable bonds is 3. The number of amides is 1. The lowest BCUT2D eigenvalue weighted by Crippen LogP contribution is -2.55. The van der Waals surface area contributed by atoms with Gasteiger partial charge in [-0.25, -0.2) is 4.79 Å². The lowest BCUT2D eigenvalue weighted by molar-refractivity contribution is -0.144. The molecule has 1 N–H and O–H groups in total. The fraction of sp³-hybridized carbons (Fsp3) is 0.471. The molecule has 130 valence electrons. The fourth-order valence-electron chi connectivity index (χ4n) is 2.39. The summed E-state index contributed by atoms with van der Waals surface area (Å²) in [7, 11) is 0. The van der Waals surface area contributed by atoms with Crippen LogP contribution in [-0.2, 0) is 9.53 Å². The molecule has 1 aromatic carbocycles. The first-order valence-electron chi connectivity index (χ1n) is 7.67. The summed E-state index contributed by atoms with van der Waals surface area (Å²) in [6.45, 7) is 7.20. The number of carbonyl (C=O) groups excluding carboxylic acids is 2. The molecule has 1 aromatic rings. The first-order valence-corrected chi connectivity index (χ1v) is 8.05. The highest BCUT2D eigenvalue weighted by Gasteiger charge is 2.54. The highest BCUT2D eigenvalue weighted by molar-refractivity contribution is 6.37. The zero-order valence-corrected chi connectivity index (χ0v) is 14.9. The first kappa shape index (κ1) is 18.4. The van der Waals surface area contributed by atoms with E-state index in [0.29, 0.717) is 10.6 Å². The number of esters is 1. The molecule has 1 aliphatic rings. The number of ether oxygens (including phenoxy) is 1. The number of carbonyl (C=O) groups is 2. The smallest absolute Gasteiger partial charge is 0.354 e. The maximum absolute atomic E-state index is 12.8. The van der Waals surface area contributed by atoms with Crippen LogP contribution in [0.5, 0.6) is 0 Å². The molecular formula is C17H21ClN2O4. The van der Waals surface area contributed by atoms with Crippen LogP contribution in [0.2, 0.25) is 5.02 Å². The van der Waals surface area contributed by atoms with Crippen LogP contribution in [0.25, 0.3) is 0 Å². The molecule has 0 spiro atoms. The second-order valence-corrected chi connectivity index (χ2v) is 7.07. The quantitative estimate of drug-likeness (QED) is 0.848. The second-order valence-electron chi connectivity index (χ2n) is 6.63. The van der Waals surface area contributed by atoms with E-state index in [0.717, 1.165) is 5.01 Å². The molecule has 0 bridgehead atoms. The van der Waals surface area contributed by atoms with Gasteiger partial charge in [-0.15, -0.1) is 0 Å². The Hall–Kier alpha value is -1.92. The van der Waals surface area contributed by atoms with Crippen LogP contribution in [0.15, 0.2) is 29.4 Å². The van der Waals surface area contributed by atoms with Crippen LogP contribution in [-0.4, -0.2) is 40.0 Å². The fourth-order valence-corrected chi connectivity index (χ4v) is 2.51. The minimum Gasteiger partial charge on any atom is -0.461 e. The molecule has 1 aliphatic heterocycles. The van der Waals surface area contributed by atoms with Crippen molar-refractivity contribution >= 4 is 29.2 Å². The summed E-state index contributed by atoms with van der Waals surface area (Å²) in [5.41, 5.74) is -2.02. The van der Waals surface area contributed by atoms with Crippen LogP contribution in [0.3, 0.4) is 0 Å². The average molecular weight is 353 g/mol. The average Bonchev–Trinajstić information content (AvgIpc) is 2.87. The normalized spacial score (nSPS) is 20.8. The largest absolute Gasteiger partial charge is 0.461 e. The summed E-state index contributed by atoms with van der Waals surface area (Å²) in [5, 5.41) is 16.7. The number of hydrogen-bond donors (Lipinski definition) is 1. The van der Waals surface area contributed by atoms with Crippen molar-refractivity contribution in [1.29, 1.82) is 0 Å².